The second kappa shape index (κ2) is 10.1. The van der Waals surface area contributed by atoms with Crippen LogP contribution in [0.1, 0.15) is 30.4 Å². The molecule has 6 nitrogen and oxygen atoms in total. The van der Waals surface area contributed by atoms with Gasteiger partial charge in [-0.15, -0.1) is 0 Å². The minimum absolute atomic E-state index is 0.0266. The van der Waals surface area contributed by atoms with Crippen molar-refractivity contribution >= 4 is 23.3 Å². The van der Waals surface area contributed by atoms with Gasteiger partial charge in [-0.2, -0.15) is 13.2 Å². The number of alkyl halides is 3. The highest BCUT2D eigenvalue weighted by molar-refractivity contribution is 5.99. The molecule has 0 aromatic heterocycles. The molecular formula is C26H24F3N3O3. The average molecular weight is 483 g/mol. The average Bonchev–Trinajstić information content (AvgIpc) is 3.64. The van der Waals surface area contributed by atoms with Crippen LogP contribution < -0.4 is 20.7 Å². The monoisotopic (exact) mass is 483 g/mol. The van der Waals surface area contributed by atoms with Gasteiger partial charge in [0.15, 0.2) is 0 Å². The summed E-state index contributed by atoms with van der Waals surface area (Å²) < 4.78 is 44.6. The lowest BCUT2D eigenvalue weighted by atomic mass is 10.2. The van der Waals surface area contributed by atoms with Crippen molar-refractivity contribution in [3.05, 3.63) is 89.4 Å². The van der Waals surface area contributed by atoms with Gasteiger partial charge < -0.3 is 20.7 Å². The first-order valence-electron chi connectivity index (χ1n) is 11.1. The van der Waals surface area contributed by atoms with Crippen molar-refractivity contribution in [1.82, 2.24) is 5.32 Å². The lowest BCUT2D eigenvalue weighted by molar-refractivity contribution is -0.137. The molecule has 0 radical (unpaired) electrons. The van der Waals surface area contributed by atoms with E-state index in [0.717, 1.165) is 36.2 Å². The molecule has 3 N–H and O–H groups in total. The number of carbonyl (C=O) groups excluding carboxylic acids is 2. The van der Waals surface area contributed by atoms with Crippen LogP contribution in [0.15, 0.2) is 78.2 Å². The topological polar surface area (TPSA) is 79.5 Å². The minimum Gasteiger partial charge on any atom is -0.457 e. The second-order valence-electron chi connectivity index (χ2n) is 8.37. The number of ether oxygens (including phenoxy) is 1. The summed E-state index contributed by atoms with van der Waals surface area (Å²) in [5, 5.41) is 7.95. The first kappa shape index (κ1) is 24.1. The fraction of sp³-hybridized carbons (Fsp3) is 0.231. The Kier molecular flexibility index (Phi) is 6.95. The van der Waals surface area contributed by atoms with E-state index in [9.17, 15) is 22.8 Å². The summed E-state index contributed by atoms with van der Waals surface area (Å²) in [4.78, 5) is 24.4. The third kappa shape index (κ3) is 6.75. The number of amides is 3. The van der Waals surface area contributed by atoms with Crippen molar-refractivity contribution in [2.45, 2.75) is 32.4 Å². The van der Waals surface area contributed by atoms with E-state index >= 15 is 0 Å². The Bertz CT molecular complexity index is 1230. The molecule has 0 heterocycles. The maximum Gasteiger partial charge on any atom is 0.416 e. The van der Waals surface area contributed by atoms with Gasteiger partial charge in [-0.25, -0.2) is 4.79 Å². The molecule has 35 heavy (non-hydrogen) atoms. The van der Waals surface area contributed by atoms with Gasteiger partial charge in [-0.3, -0.25) is 4.79 Å². The zero-order chi connectivity index (χ0) is 25.0. The summed E-state index contributed by atoms with van der Waals surface area (Å²) in [7, 11) is 0. The molecule has 0 bridgehead atoms. The molecule has 1 saturated carbocycles. The quantitative estimate of drug-likeness (QED) is 0.452. The molecule has 9 heteroatoms. The highest BCUT2D eigenvalue weighted by atomic mass is 19.4. The van der Waals surface area contributed by atoms with Crippen LogP contribution in [0.3, 0.4) is 0 Å². The predicted octanol–water partition coefficient (Wildman–Crippen LogP) is 6.29. The van der Waals surface area contributed by atoms with Crippen LogP contribution >= 0.6 is 0 Å². The van der Waals surface area contributed by atoms with E-state index in [1.165, 1.54) is 12.1 Å². The molecule has 2 aromatic carbocycles. The Morgan fingerprint density at radius 3 is 2.43 bits per heavy atom. The lowest BCUT2D eigenvalue weighted by Gasteiger charge is -2.14. The number of carbonyl (C=O) groups is 2. The highest BCUT2D eigenvalue weighted by Gasteiger charge is 2.31. The minimum atomic E-state index is -4.50. The number of halogens is 3. The Morgan fingerprint density at radius 2 is 1.74 bits per heavy atom. The van der Waals surface area contributed by atoms with E-state index in [-0.39, 0.29) is 17.5 Å². The number of anilines is 2. The highest BCUT2D eigenvalue weighted by Crippen LogP contribution is 2.31. The van der Waals surface area contributed by atoms with E-state index in [0.29, 0.717) is 23.6 Å². The van der Waals surface area contributed by atoms with Crippen LogP contribution in [0.4, 0.5) is 29.3 Å². The number of urea groups is 1. The molecule has 1 fully saturated rings. The molecule has 3 amide bonds. The third-order valence-corrected chi connectivity index (χ3v) is 5.39. The first-order chi connectivity index (χ1) is 16.7. The fourth-order valence-corrected chi connectivity index (χ4v) is 3.43. The molecule has 182 valence electrons. The summed E-state index contributed by atoms with van der Waals surface area (Å²) >= 11 is 0. The van der Waals surface area contributed by atoms with Crippen molar-refractivity contribution in [1.29, 1.82) is 0 Å². The summed E-state index contributed by atoms with van der Waals surface area (Å²) in [6, 6.07) is 8.72. The van der Waals surface area contributed by atoms with Gasteiger partial charge in [0, 0.05) is 35.5 Å². The Hall–Kier alpha value is -4.01. The summed E-state index contributed by atoms with van der Waals surface area (Å²) in [6.07, 6.45) is 5.30. The number of hydrogen-bond donors (Lipinski definition) is 3. The Labute approximate surface area is 200 Å². The van der Waals surface area contributed by atoms with Crippen LogP contribution in [0.2, 0.25) is 0 Å². The fourth-order valence-electron chi connectivity index (χ4n) is 3.43. The molecule has 0 unspecified atom stereocenters. The zero-order valence-corrected chi connectivity index (χ0v) is 18.9. The van der Waals surface area contributed by atoms with Gasteiger partial charge in [0.05, 0.1) is 5.56 Å². The molecule has 0 spiro atoms. The van der Waals surface area contributed by atoms with Crippen molar-refractivity contribution in [2.75, 3.05) is 10.6 Å². The van der Waals surface area contributed by atoms with Crippen LogP contribution in [0, 0.1) is 12.8 Å². The molecule has 0 saturated heterocycles. The SMILES string of the molecule is Cc1cc(NC(=O)Nc2cccc(C(F)(F)F)c2)ccc1OC1=CC=CCC(NC(=O)C2CC2)=C1. The Balaban J connectivity index is 1.38. The van der Waals surface area contributed by atoms with Crippen LogP contribution in [-0.4, -0.2) is 11.9 Å². The summed E-state index contributed by atoms with van der Waals surface area (Å²) in [5.41, 5.74) is 1.11. The lowest BCUT2D eigenvalue weighted by Crippen LogP contribution is -2.24. The standard InChI is InChI=1S/C26H24F3N3O3/c1-16-13-21(32-25(34)31-19-7-4-5-18(14-19)26(27,28)29)11-12-23(16)35-22-8-3-2-6-20(15-22)30-24(33)17-9-10-17/h2-5,7-8,11-15,17H,6,9-10H2,1H3,(H,30,33)(H2,31,32,34). The molecule has 2 aliphatic carbocycles. The molecule has 2 aromatic rings. The van der Waals surface area contributed by atoms with Gasteiger partial charge >= 0.3 is 12.2 Å². The van der Waals surface area contributed by atoms with Crippen molar-refractivity contribution < 1.29 is 27.5 Å². The van der Waals surface area contributed by atoms with Crippen LogP contribution in [0.5, 0.6) is 5.75 Å². The summed E-state index contributed by atoms with van der Waals surface area (Å²) in [6.45, 7) is 1.80. The van der Waals surface area contributed by atoms with Crippen LogP contribution in [-0.2, 0) is 11.0 Å². The number of nitrogens with one attached hydrogen (secondary N) is 3. The smallest absolute Gasteiger partial charge is 0.416 e. The van der Waals surface area contributed by atoms with Gasteiger partial charge in [-0.1, -0.05) is 18.2 Å². The maximum atomic E-state index is 12.9. The van der Waals surface area contributed by atoms with Crippen LogP contribution in [0.25, 0.3) is 0 Å². The zero-order valence-electron chi connectivity index (χ0n) is 18.9. The summed E-state index contributed by atoms with van der Waals surface area (Å²) in [5.74, 6) is 1.24. The normalized spacial score (nSPS) is 15.4. The second-order valence-corrected chi connectivity index (χ2v) is 8.37. The number of hydrogen-bond acceptors (Lipinski definition) is 3. The maximum absolute atomic E-state index is 12.9. The molecule has 4 rings (SSSR count). The molecule has 2 aliphatic rings. The van der Waals surface area contributed by atoms with Gasteiger partial charge in [-0.05, 0) is 67.8 Å². The van der Waals surface area contributed by atoms with Crippen molar-refractivity contribution in [3.63, 3.8) is 0 Å². The molecular weight excluding hydrogens is 459 g/mol. The molecule has 0 aliphatic heterocycles. The number of allylic oxidation sites excluding steroid dienone is 4. The van der Waals surface area contributed by atoms with Crippen molar-refractivity contribution in [3.8, 4) is 5.75 Å². The first-order valence-corrected chi connectivity index (χ1v) is 11.1. The van der Waals surface area contributed by atoms with Gasteiger partial charge in [0.2, 0.25) is 5.91 Å². The van der Waals surface area contributed by atoms with E-state index in [1.807, 2.05) is 12.2 Å². The van der Waals surface area contributed by atoms with E-state index in [2.05, 4.69) is 16.0 Å². The number of benzene rings is 2. The number of aryl methyl sites for hydroxylation is 1. The van der Waals surface area contributed by atoms with Gasteiger partial charge in [0.1, 0.15) is 11.5 Å². The molecule has 0 atom stereocenters. The van der Waals surface area contributed by atoms with Gasteiger partial charge in [0.25, 0.3) is 0 Å². The number of rotatable bonds is 6. The van der Waals surface area contributed by atoms with E-state index in [4.69, 9.17) is 4.74 Å². The third-order valence-electron chi connectivity index (χ3n) is 5.39. The van der Waals surface area contributed by atoms with E-state index < -0.39 is 17.8 Å². The largest absolute Gasteiger partial charge is 0.457 e. The van der Waals surface area contributed by atoms with Crippen molar-refractivity contribution in [2.24, 2.45) is 5.92 Å². The van der Waals surface area contributed by atoms with E-state index in [1.54, 1.807) is 37.3 Å². The predicted molar refractivity (Wildman–Crippen MR) is 127 cm³/mol. The Morgan fingerprint density at radius 1 is 1.00 bits per heavy atom.